The molecule has 1 rings (SSSR count). The zero-order valence-corrected chi connectivity index (χ0v) is 9.84. The second kappa shape index (κ2) is 4.41. The summed E-state index contributed by atoms with van der Waals surface area (Å²) in [4.78, 5) is 14.1. The van der Waals surface area contributed by atoms with Gasteiger partial charge in [-0.2, -0.15) is 0 Å². The van der Waals surface area contributed by atoms with Crippen LogP contribution < -0.4 is 0 Å². The highest BCUT2D eigenvalue weighted by Gasteiger charge is 2.15. The van der Waals surface area contributed by atoms with E-state index >= 15 is 0 Å². The molecular formula is C7H3BrF2INO. The molecule has 0 N–H and O–H groups in total. The standard InChI is InChI=1S/C7H3BrF2INO/c8-5-4(6(9)10)1-3(2-13)12-7(5)11/h1-2,6H. The highest BCUT2D eigenvalue weighted by molar-refractivity contribution is 14.1. The van der Waals surface area contributed by atoms with Crippen molar-refractivity contribution in [1.29, 1.82) is 0 Å². The predicted octanol–water partition coefficient (Wildman–Crippen LogP) is 3.20. The molecule has 0 aliphatic rings. The van der Waals surface area contributed by atoms with E-state index in [0.717, 1.165) is 6.07 Å². The Morgan fingerprint density at radius 1 is 1.62 bits per heavy atom. The maximum atomic E-state index is 12.3. The van der Waals surface area contributed by atoms with Gasteiger partial charge >= 0.3 is 0 Å². The van der Waals surface area contributed by atoms with Crippen molar-refractivity contribution < 1.29 is 13.6 Å². The molecule has 0 unspecified atom stereocenters. The van der Waals surface area contributed by atoms with Gasteiger partial charge in [0.15, 0.2) is 6.29 Å². The van der Waals surface area contributed by atoms with Crippen LogP contribution in [0.15, 0.2) is 10.5 Å². The summed E-state index contributed by atoms with van der Waals surface area (Å²) < 4.78 is 25.3. The molecule has 70 valence electrons. The van der Waals surface area contributed by atoms with Gasteiger partial charge in [-0.15, -0.1) is 0 Å². The SMILES string of the molecule is O=Cc1cc(C(F)F)c(Br)c(I)n1. The number of hydrogen-bond acceptors (Lipinski definition) is 2. The van der Waals surface area contributed by atoms with Gasteiger partial charge in [0.2, 0.25) is 0 Å². The minimum atomic E-state index is -2.61. The molecule has 0 amide bonds. The molecule has 0 aliphatic carbocycles. The zero-order chi connectivity index (χ0) is 10.0. The Balaban J connectivity index is 3.32. The van der Waals surface area contributed by atoms with Crippen LogP contribution in [0.5, 0.6) is 0 Å². The summed E-state index contributed by atoms with van der Waals surface area (Å²) in [5.41, 5.74) is -0.190. The number of hydrogen-bond donors (Lipinski definition) is 0. The number of aldehydes is 1. The van der Waals surface area contributed by atoms with Crippen LogP contribution in [0.1, 0.15) is 22.5 Å². The Bertz CT molecular complexity index is 346. The molecule has 2 nitrogen and oxygen atoms in total. The third-order valence-electron chi connectivity index (χ3n) is 1.32. The fourth-order valence-corrected chi connectivity index (χ4v) is 1.72. The Morgan fingerprint density at radius 3 is 2.69 bits per heavy atom. The minimum Gasteiger partial charge on any atom is -0.296 e. The molecule has 13 heavy (non-hydrogen) atoms. The Labute approximate surface area is 95.0 Å². The van der Waals surface area contributed by atoms with Gasteiger partial charge in [-0.3, -0.25) is 4.79 Å². The van der Waals surface area contributed by atoms with E-state index in [2.05, 4.69) is 20.9 Å². The van der Waals surface area contributed by atoms with E-state index in [-0.39, 0.29) is 15.7 Å². The van der Waals surface area contributed by atoms with Gasteiger partial charge in [0.25, 0.3) is 6.43 Å². The van der Waals surface area contributed by atoms with E-state index < -0.39 is 6.43 Å². The van der Waals surface area contributed by atoms with Crippen LogP contribution in [0, 0.1) is 3.70 Å². The van der Waals surface area contributed by atoms with Crippen molar-refractivity contribution in [3.63, 3.8) is 0 Å². The molecule has 6 heteroatoms. The minimum absolute atomic E-state index is 0.0166. The molecule has 1 heterocycles. The smallest absolute Gasteiger partial charge is 0.265 e. The summed E-state index contributed by atoms with van der Waals surface area (Å²) in [6.07, 6.45) is -2.16. The first-order valence-corrected chi connectivity index (χ1v) is 5.02. The number of rotatable bonds is 2. The highest BCUT2D eigenvalue weighted by atomic mass is 127. The van der Waals surface area contributed by atoms with Gasteiger partial charge < -0.3 is 0 Å². The molecule has 1 aromatic heterocycles. The van der Waals surface area contributed by atoms with Gasteiger partial charge in [-0.25, -0.2) is 13.8 Å². The van der Waals surface area contributed by atoms with Crippen LogP contribution in [-0.4, -0.2) is 11.3 Å². The van der Waals surface area contributed by atoms with Crippen LogP contribution in [0.4, 0.5) is 8.78 Å². The average molecular weight is 362 g/mol. The fraction of sp³-hybridized carbons (Fsp3) is 0.143. The second-order valence-corrected chi connectivity index (χ2v) is 3.97. The van der Waals surface area contributed by atoms with E-state index in [0.29, 0.717) is 9.99 Å². The number of nitrogens with zero attached hydrogens (tertiary/aromatic N) is 1. The van der Waals surface area contributed by atoms with Gasteiger partial charge in [-0.1, -0.05) is 0 Å². The van der Waals surface area contributed by atoms with Crippen LogP contribution in [0.2, 0.25) is 0 Å². The van der Waals surface area contributed by atoms with E-state index in [1.165, 1.54) is 0 Å². The van der Waals surface area contributed by atoms with Crippen molar-refractivity contribution >= 4 is 44.8 Å². The lowest BCUT2D eigenvalue weighted by atomic mass is 10.2. The summed E-state index contributed by atoms with van der Waals surface area (Å²) in [5, 5.41) is 0. The summed E-state index contributed by atoms with van der Waals surface area (Å²) >= 11 is 4.76. The molecule has 0 aromatic carbocycles. The largest absolute Gasteiger partial charge is 0.296 e. The molecule has 0 aliphatic heterocycles. The van der Waals surface area contributed by atoms with E-state index in [4.69, 9.17) is 0 Å². The second-order valence-electron chi connectivity index (χ2n) is 2.16. The Kier molecular flexibility index (Phi) is 3.72. The number of pyridine rings is 1. The lowest BCUT2D eigenvalue weighted by molar-refractivity contribution is 0.111. The zero-order valence-electron chi connectivity index (χ0n) is 6.10. The Hall–Kier alpha value is -0.110. The van der Waals surface area contributed by atoms with Crippen molar-refractivity contribution in [1.82, 2.24) is 4.98 Å². The molecular weight excluding hydrogens is 359 g/mol. The number of alkyl halides is 2. The number of carbonyl (C=O) groups is 1. The summed E-state index contributed by atoms with van der Waals surface area (Å²) in [6.45, 7) is 0. The third kappa shape index (κ3) is 2.43. The van der Waals surface area contributed by atoms with Crippen molar-refractivity contribution in [2.24, 2.45) is 0 Å². The van der Waals surface area contributed by atoms with Crippen LogP contribution in [0.25, 0.3) is 0 Å². The highest BCUT2D eigenvalue weighted by Crippen LogP contribution is 2.30. The molecule has 1 aromatic rings. The van der Waals surface area contributed by atoms with Gasteiger partial charge in [0, 0.05) is 5.56 Å². The van der Waals surface area contributed by atoms with Crippen LogP contribution in [0.3, 0.4) is 0 Å². The van der Waals surface area contributed by atoms with Crippen LogP contribution >= 0.6 is 38.5 Å². The number of carbonyl (C=O) groups excluding carboxylic acids is 1. The molecule has 0 saturated carbocycles. The van der Waals surface area contributed by atoms with Crippen molar-refractivity contribution in [3.8, 4) is 0 Å². The number of halogens is 4. The summed E-state index contributed by atoms with van der Waals surface area (Å²) in [7, 11) is 0. The first kappa shape index (κ1) is 11.0. The molecule has 0 spiro atoms. The van der Waals surface area contributed by atoms with E-state index in [1.54, 1.807) is 22.6 Å². The quantitative estimate of drug-likeness (QED) is 0.460. The first-order valence-electron chi connectivity index (χ1n) is 3.15. The predicted molar refractivity (Wildman–Crippen MR) is 55.0 cm³/mol. The molecule has 0 saturated heterocycles. The fourth-order valence-electron chi connectivity index (χ4n) is 0.756. The van der Waals surface area contributed by atoms with E-state index in [1.807, 2.05) is 0 Å². The van der Waals surface area contributed by atoms with Gasteiger partial charge in [-0.05, 0) is 44.6 Å². The topological polar surface area (TPSA) is 30.0 Å². The first-order chi connectivity index (χ1) is 6.06. The third-order valence-corrected chi connectivity index (χ3v) is 3.68. The Morgan fingerprint density at radius 2 is 2.23 bits per heavy atom. The van der Waals surface area contributed by atoms with Crippen molar-refractivity contribution in [2.45, 2.75) is 6.43 Å². The molecule has 0 bridgehead atoms. The maximum absolute atomic E-state index is 12.3. The molecule has 0 radical (unpaired) electrons. The van der Waals surface area contributed by atoms with E-state index in [9.17, 15) is 13.6 Å². The molecule has 0 fully saturated rings. The summed E-state index contributed by atoms with van der Waals surface area (Å²) in [6, 6.07) is 1.07. The lowest BCUT2D eigenvalue weighted by Crippen LogP contribution is -1.97. The van der Waals surface area contributed by atoms with Crippen LogP contribution in [-0.2, 0) is 0 Å². The average Bonchev–Trinajstić information content (AvgIpc) is 2.09. The monoisotopic (exact) mass is 361 g/mol. The van der Waals surface area contributed by atoms with Gasteiger partial charge in [0.05, 0.1) is 4.47 Å². The maximum Gasteiger partial charge on any atom is 0.265 e. The van der Waals surface area contributed by atoms with Gasteiger partial charge in [0.1, 0.15) is 9.39 Å². The normalized spacial score (nSPS) is 10.5. The summed E-state index contributed by atoms with van der Waals surface area (Å²) in [5.74, 6) is 0. The van der Waals surface area contributed by atoms with Crippen molar-refractivity contribution in [2.75, 3.05) is 0 Å². The lowest BCUT2D eigenvalue weighted by Gasteiger charge is -2.04. The molecule has 0 atom stereocenters. The van der Waals surface area contributed by atoms with Crippen molar-refractivity contribution in [3.05, 3.63) is 25.5 Å². The number of aromatic nitrogens is 1.